The van der Waals surface area contributed by atoms with Gasteiger partial charge in [-0.3, -0.25) is 37.3 Å². The van der Waals surface area contributed by atoms with Crippen LogP contribution >= 0.6 is 15.6 Å². The fourth-order valence-electron chi connectivity index (χ4n) is 10.1. The molecule has 0 saturated heterocycles. The van der Waals surface area contributed by atoms with Crippen molar-refractivity contribution < 1.29 is 80.2 Å². The number of ether oxygens (including phenoxy) is 4. The van der Waals surface area contributed by atoms with Crippen LogP contribution < -0.4 is 0 Å². The molecule has 0 spiro atoms. The Kier molecular flexibility index (Phi) is 67.0. The molecule has 19 heteroatoms. The third kappa shape index (κ3) is 68.8. The molecule has 17 nitrogen and oxygen atoms in total. The molecular weight excluding hydrogens is 1260 g/mol. The number of carbonyl (C=O) groups is 4. The maximum absolute atomic E-state index is 13.1. The molecule has 0 aliphatic rings. The highest BCUT2D eigenvalue weighted by Crippen LogP contribution is 2.45. The van der Waals surface area contributed by atoms with Gasteiger partial charge in [0.1, 0.15) is 19.3 Å². The van der Waals surface area contributed by atoms with E-state index in [4.69, 9.17) is 37.0 Å². The van der Waals surface area contributed by atoms with Crippen LogP contribution in [0.25, 0.3) is 0 Å². The second-order valence-corrected chi connectivity index (χ2v) is 28.1. The van der Waals surface area contributed by atoms with Gasteiger partial charge in [-0.25, -0.2) is 9.13 Å². The second kappa shape index (κ2) is 69.7. The highest BCUT2D eigenvalue weighted by atomic mass is 31.2. The summed E-state index contributed by atoms with van der Waals surface area (Å²) in [6.45, 7) is 4.67. The van der Waals surface area contributed by atoms with E-state index in [-0.39, 0.29) is 25.7 Å². The molecule has 96 heavy (non-hydrogen) atoms. The van der Waals surface area contributed by atoms with Gasteiger partial charge in [0.25, 0.3) is 0 Å². The highest BCUT2D eigenvalue weighted by Gasteiger charge is 2.30. The van der Waals surface area contributed by atoms with E-state index in [1.807, 2.05) is 0 Å². The van der Waals surface area contributed by atoms with E-state index < -0.39 is 97.5 Å². The third-order valence-corrected chi connectivity index (χ3v) is 17.7. The first-order valence-electron chi connectivity index (χ1n) is 37.8. The van der Waals surface area contributed by atoms with Gasteiger partial charge in [-0.15, -0.1) is 0 Å². The first-order chi connectivity index (χ1) is 46.7. The van der Waals surface area contributed by atoms with Gasteiger partial charge in [-0.1, -0.05) is 260 Å². The summed E-state index contributed by atoms with van der Waals surface area (Å²) in [5, 5.41) is 10.6. The topological polar surface area (TPSA) is 237 Å². The van der Waals surface area contributed by atoms with Gasteiger partial charge in [0.15, 0.2) is 12.2 Å². The van der Waals surface area contributed by atoms with Gasteiger partial charge in [-0.2, -0.15) is 0 Å². The SMILES string of the molecule is CC/C=C\C/C=C\C/C=C\C/C=C\CCCCC(=O)OCC(COP(=O)(O)OCC(O)COP(=O)(O)OCC(COC(=O)CCCCCCC/C=C\C/C=C\CCCCC)OC(=O)CCCCCCC/C=C\CCCCCC)OC(=O)CCCCCCCCCCCCCCC. The lowest BCUT2D eigenvalue weighted by Crippen LogP contribution is -2.30. The highest BCUT2D eigenvalue weighted by molar-refractivity contribution is 7.47. The summed E-state index contributed by atoms with van der Waals surface area (Å²) in [5.41, 5.74) is 0. The molecule has 0 rings (SSSR count). The number of esters is 4. The van der Waals surface area contributed by atoms with Crippen LogP contribution in [-0.4, -0.2) is 96.7 Å². The molecule has 0 amide bonds. The zero-order chi connectivity index (χ0) is 70.4. The summed E-state index contributed by atoms with van der Waals surface area (Å²) in [5.74, 6) is -2.23. The summed E-state index contributed by atoms with van der Waals surface area (Å²) in [6.07, 6.45) is 70.0. The number of aliphatic hydroxyl groups is 1. The zero-order valence-corrected chi connectivity index (χ0v) is 62.3. The molecule has 0 aromatic rings. The number of unbranched alkanes of at least 4 members (excludes halogenated alkanes) is 31. The van der Waals surface area contributed by atoms with Gasteiger partial charge in [0.2, 0.25) is 0 Å². The standard InChI is InChI=1S/C77H136O17P2/c1-5-9-13-17-21-25-29-33-35-39-41-45-49-53-57-61-74(79)87-67-72(93-76(81)63-59-55-51-47-43-37-31-27-23-19-15-11-7-3)69-91-95(83,84)89-65-71(78)66-90-96(85,86)92-70-73(94-77(82)64-60-56-52-48-44-38-32-28-24-20-16-12-8-4)68-88-75(80)62-58-54-50-46-42-40-36-34-30-26-22-18-14-10-6-2/h9,13,21-22,25-26,28,32-36,41,45,71-73,78H,5-8,10-12,14-20,23-24,27,29-31,37-40,42-44,46-70H2,1-4H3,(H,83,84)(H,85,86)/b13-9-,25-21-,26-22-,32-28-,35-33-,36-34-,45-41-. The Bertz CT molecular complexity index is 2160. The Hall–Kier alpha value is -3.76. The molecule has 0 aromatic carbocycles. The van der Waals surface area contributed by atoms with Crippen LogP contribution in [0.4, 0.5) is 0 Å². The monoisotopic (exact) mass is 1390 g/mol. The number of phosphoric acid groups is 2. The normalized spacial score (nSPS) is 14.4. The summed E-state index contributed by atoms with van der Waals surface area (Å²) < 4.78 is 68.4. The van der Waals surface area contributed by atoms with Crippen LogP contribution in [0.2, 0.25) is 0 Å². The van der Waals surface area contributed by atoms with Crippen molar-refractivity contribution in [2.75, 3.05) is 39.6 Å². The molecular formula is C77H136O17P2. The molecule has 0 bridgehead atoms. The van der Waals surface area contributed by atoms with Crippen LogP contribution in [0.15, 0.2) is 85.1 Å². The van der Waals surface area contributed by atoms with Gasteiger partial charge in [0.05, 0.1) is 26.4 Å². The molecule has 0 saturated carbocycles. The van der Waals surface area contributed by atoms with Crippen LogP contribution in [0.3, 0.4) is 0 Å². The van der Waals surface area contributed by atoms with E-state index in [0.717, 1.165) is 148 Å². The van der Waals surface area contributed by atoms with E-state index in [1.54, 1.807) is 0 Å². The number of rotatable bonds is 71. The molecule has 0 heterocycles. The average molecular weight is 1400 g/mol. The predicted molar refractivity (Wildman–Crippen MR) is 390 cm³/mol. The number of phosphoric ester groups is 2. The molecule has 556 valence electrons. The van der Waals surface area contributed by atoms with Crippen LogP contribution in [0.1, 0.15) is 323 Å². The Morgan fingerprint density at radius 2 is 0.542 bits per heavy atom. The molecule has 0 aliphatic carbocycles. The quantitative estimate of drug-likeness (QED) is 0.0169. The smallest absolute Gasteiger partial charge is 0.462 e. The van der Waals surface area contributed by atoms with E-state index in [2.05, 4.69) is 113 Å². The van der Waals surface area contributed by atoms with E-state index >= 15 is 0 Å². The number of hydrogen-bond donors (Lipinski definition) is 3. The molecule has 0 aliphatic heterocycles. The first-order valence-corrected chi connectivity index (χ1v) is 40.8. The molecule has 5 atom stereocenters. The van der Waals surface area contributed by atoms with Crippen molar-refractivity contribution in [1.82, 2.24) is 0 Å². The second-order valence-electron chi connectivity index (χ2n) is 25.2. The lowest BCUT2D eigenvalue weighted by atomic mass is 10.0. The number of allylic oxidation sites excluding steroid dienone is 14. The van der Waals surface area contributed by atoms with Crippen LogP contribution in [-0.2, 0) is 65.4 Å². The fraction of sp³-hybridized carbons (Fsp3) is 0.766. The Morgan fingerprint density at radius 1 is 0.302 bits per heavy atom. The predicted octanol–water partition coefficient (Wildman–Crippen LogP) is 21.4. The van der Waals surface area contributed by atoms with Crippen molar-refractivity contribution in [3.63, 3.8) is 0 Å². The molecule has 0 aromatic heterocycles. The minimum atomic E-state index is -4.98. The summed E-state index contributed by atoms with van der Waals surface area (Å²) in [7, 11) is -9.95. The lowest BCUT2D eigenvalue weighted by molar-refractivity contribution is -0.161. The van der Waals surface area contributed by atoms with Crippen molar-refractivity contribution >= 4 is 39.5 Å². The van der Waals surface area contributed by atoms with Crippen molar-refractivity contribution in [3.8, 4) is 0 Å². The van der Waals surface area contributed by atoms with Crippen molar-refractivity contribution in [2.45, 2.75) is 341 Å². The average Bonchev–Trinajstić information content (AvgIpc) is 1.14. The van der Waals surface area contributed by atoms with E-state index in [9.17, 15) is 43.2 Å². The minimum absolute atomic E-state index is 0.0827. The Morgan fingerprint density at radius 3 is 0.896 bits per heavy atom. The van der Waals surface area contributed by atoms with Gasteiger partial charge >= 0.3 is 39.5 Å². The molecule has 5 unspecified atom stereocenters. The number of carbonyl (C=O) groups excluding carboxylic acids is 4. The van der Waals surface area contributed by atoms with Crippen LogP contribution in [0, 0.1) is 0 Å². The van der Waals surface area contributed by atoms with E-state index in [1.165, 1.54) is 96.3 Å². The van der Waals surface area contributed by atoms with Crippen molar-refractivity contribution in [2.24, 2.45) is 0 Å². The van der Waals surface area contributed by atoms with E-state index in [0.29, 0.717) is 25.7 Å². The summed E-state index contributed by atoms with van der Waals surface area (Å²) >= 11 is 0. The minimum Gasteiger partial charge on any atom is -0.462 e. The molecule has 0 radical (unpaired) electrons. The van der Waals surface area contributed by atoms with Crippen molar-refractivity contribution in [3.05, 3.63) is 85.1 Å². The van der Waals surface area contributed by atoms with Crippen molar-refractivity contribution in [1.29, 1.82) is 0 Å². The summed E-state index contributed by atoms with van der Waals surface area (Å²) in [4.78, 5) is 72.8. The largest absolute Gasteiger partial charge is 0.472 e. The zero-order valence-electron chi connectivity index (χ0n) is 60.5. The van der Waals surface area contributed by atoms with Gasteiger partial charge in [-0.05, 0) is 122 Å². The lowest BCUT2D eigenvalue weighted by Gasteiger charge is -2.21. The Balaban J connectivity index is 5.37. The summed E-state index contributed by atoms with van der Waals surface area (Å²) in [6, 6.07) is 0. The number of hydrogen-bond acceptors (Lipinski definition) is 15. The maximum atomic E-state index is 13.1. The molecule has 3 N–H and O–H groups in total. The molecule has 0 fully saturated rings. The maximum Gasteiger partial charge on any atom is 0.472 e. The third-order valence-electron chi connectivity index (χ3n) is 15.8. The van der Waals surface area contributed by atoms with Crippen LogP contribution in [0.5, 0.6) is 0 Å². The fourth-order valence-corrected chi connectivity index (χ4v) is 11.6. The number of aliphatic hydroxyl groups excluding tert-OH is 1. The Labute approximate surface area is 583 Å². The van der Waals surface area contributed by atoms with Gasteiger partial charge in [0, 0.05) is 25.7 Å². The van der Waals surface area contributed by atoms with Gasteiger partial charge < -0.3 is 33.8 Å². The first kappa shape index (κ1) is 92.2.